The molecular formula is C11H21BrO7. The first kappa shape index (κ1) is 17.3. The van der Waals surface area contributed by atoms with E-state index in [2.05, 4.69) is 16.3 Å². The van der Waals surface area contributed by atoms with Crippen molar-refractivity contribution < 1.29 is 33.7 Å². The maximum atomic E-state index is 9.93. The minimum Gasteiger partial charge on any atom is -0.394 e. The molecule has 0 aliphatic carbocycles. The molecule has 1 aliphatic heterocycles. The molecule has 7 nitrogen and oxygen atoms in total. The standard InChI is InChI=1S/C11H21BrO7/c1-2-3-4-5-17-11(19-12)10(16)9(15)8(14)7(6-13)18-11/h7-10,13-16H,2-6H2,1H3/t7-,8-,9+,10-,11+/m1/s1. The van der Waals surface area contributed by atoms with E-state index in [1.165, 1.54) is 0 Å². The molecule has 1 heterocycles. The number of hydrogen-bond acceptors (Lipinski definition) is 7. The quantitative estimate of drug-likeness (QED) is 0.369. The number of hydrogen-bond donors (Lipinski definition) is 4. The zero-order valence-electron chi connectivity index (χ0n) is 10.7. The topological polar surface area (TPSA) is 109 Å². The molecule has 0 amide bonds. The summed E-state index contributed by atoms with van der Waals surface area (Å²) < 4.78 is 15.5. The number of aliphatic hydroxyl groups is 4. The third-order valence-corrected chi connectivity index (χ3v) is 3.52. The van der Waals surface area contributed by atoms with Crippen molar-refractivity contribution >= 4 is 16.3 Å². The molecule has 1 saturated heterocycles. The Morgan fingerprint density at radius 2 is 1.89 bits per heavy atom. The van der Waals surface area contributed by atoms with Gasteiger partial charge in [-0.05, 0) is 6.42 Å². The summed E-state index contributed by atoms with van der Waals surface area (Å²) in [5.41, 5.74) is 0. The van der Waals surface area contributed by atoms with Gasteiger partial charge in [0.25, 0.3) is 0 Å². The highest BCUT2D eigenvalue weighted by atomic mass is 79.9. The highest BCUT2D eigenvalue weighted by Crippen LogP contribution is 2.34. The lowest BCUT2D eigenvalue weighted by atomic mass is 9.98. The van der Waals surface area contributed by atoms with Gasteiger partial charge >= 0.3 is 5.97 Å². The molecule has 19 heavy (non-hydrogen) atoms. The summed E-state index contributed by atoms with van der Waals surface area (Å²) in [6, 6.07) is 0. The van der Waals surface area contributed by atoms with E-state index in [1.807, 2.05) is 6.92 Å². The molecule has 0 unspecified atom stereocenters. The van der Waals surface area contributed by atoms with E-state index < -0.39 is 37.0 Å². The molecule has 1 fully saturated rings. The van der Waals surface area contributed by atoms with Crippen LogP contribution in [0.5, 0.6) is 0 Å². The number of ether oxygens (including phenoxy) is 2. The van der Waals surface area contributed by atoms with Gasteiger partial charge in [-0.1, -0.05) is 19.8 Å². The highest BCUT2D eigenvalue weighted by Gasteiger charge is 2.56. The summed E-state index contributed by atoms with van der Waals surface area (Å²) in [5, 5.41) is 38.4. The summed E-state index contributed by atoms with van der Waals surface area (Å²) >= 11 is 2.70. The normalized spacial score (nSPS) is 39.5. The van der Waals surface area contributed by atoms with Crippen molar-refractivity contribution in [3.05, 3.63) is 0 Å². The fourth-order valence-corrected chi connectivity index (χ4v) is 2.24. The van der Waals surface area contributed by atoms with Gasteiger partial charge in [-0.25, -0.2) is 3.83 Å². The maximum Gasteiger partial charge on any atom is 0.324 e. The van der Waals surface area contributed by atoms with Crippen LogP contribution < -0.4 is 0 Å². The average Bonchev–Trinajstić information content (AvgIpc) is 2.43. The van der Waals surface area contributed by atoms with Crippen molar-refractivity contribution in [2.24, 2.45) is 0 Å². The van der Waals surface area contributed by atoms with Crippen LogP contribution in [0.15, 0.2) is 0 Å². The van der Waals surface area contributed by atoms with E-state index in [0.29, 0.717) is 0 Å². The van der Waals surface area contributed by atoms with Crippen LogP contribution in [-0.2, 0) is 13.3 Å². The van der Waals surface area contributed by atoms with Crippen molar-refractivity contribution in [1.82, 2.24) is 0 Å². The lowest BCUT2D eigenvalue weighted by Crippen LogP contribution is -2.66. The smallest absolute Gasteiger partial charge is 0.324 e. The van der Waals surface area contributed by atoms with E-state index >= 15 is 0 Å². The zero-order valence-corrected chi connectivity index (χ0v) is 12.3. The van der Waals surface area contributed by atoms with Crippen LogP contribution in [-0.4, -0.2) is 64.0 Å². The van der Waals surface area contributed by atoms with Gasteiger partial charge in [0.15, 0.2) is 6.10 Å². The van der Waals surface area contributed by atoms with Gasteiger partial charge in [-0.2, -0.15) is 0 Å². The Morgan fingerprint density at radius 1 is 1.21 bits per heavy atom. The second kappa shape index (κ2) is 7.84. The predicted molar refractivity (Wildman–Crippen MR) is 68.2 cm³/mol. The molecule has 0 bridgehead atoms. The fourth-order valence-electron chi connectivity index (χ4n) is 1.88. The molecular weight excluding hydrogens is 324 g/mol. The SMILES string of the molecule is CCCCCO[C@]1(OBr)O[C@H](CO)[C@@H](O)[C@H](O)[C@H]1O. The van der Waals surface area contributed by atoms with Gasteiger partial charge in [-0.3, -0.25) is 0 Å². The molecule has 114 valence electrons. The Kier molecular flexibility index (Phi) is 7.12. The van der Waals surface area contributed by atoms with Crippen LogP contribution >= 0.6 is 16.3 Å². The summed E-state index contributed by atoms with van der Waals surface area (Å²) in [7, 11) is 0. The molecule has 0 aromatic heterocycles. The number of halogens is 1. The number of rotatable bonds is 7. The van der Waals surface area contributed by atoms with Gasteiger partial charge < -0.3 is 29.9 Å². The Balaban J connectivity index is 2.72. The van der Waals surface area contributed by atoms with Gasteiger partial charge in [0.1, 0.15) is 34.6 Å². The van der Waals surface area contributed by atoms with E-state index in [-0.39, 0.29) is 6.61 Å². The molecule has 0 saturated carbocycles. The van der Waals surface area contributed by atoms with Crippen molar-refractivity contribution in [3.8, 4) is 0 Å². The third kappa shape index (κ3) is 3.85. The van der Waals surface area contributed by atoms with Gasteiger partial charge in [0, 0.05) is 0 Å². The largest absolute Gasteiger partial charge is 0.394 e. The first-order chi connectivity index (χ1) is 9.02. The van der Waals surface area contributed by atoms with E-state index in [4.69, 9.17) is 18.4 Å². The number of unbranched alkanes of at least 4 members (excludes halogenated alkanes) is 2. The average molecular weight is 345 g/mol. The van der Waals surface area contributed by atoms with Crippen molar-refractivity contribution in [1.29, 1.82) is 0 Å². The predicted octanol–water partition coefficient (Wildman–Crippen LogP) is -0.353. The highest BCUT2D eigenvalue weighted by molar-refractivity contribution is 9.06. The van der Waals surface area contributed by atoms with Gasteiger partial charge in [-0.15, -0.1) is 0 Å². The zero-order chi connectivity index (χ0) is 14.5. The van der Waals surface area contributed by atoms with Crippen molar-refractivity contribution in [3.63, 3.8) is 0 Å². The van der Waals surface area contributed by atoms with Gasteiger partial charge in [0.2, 0.25) is 0 Å². The molecule has 0 aromatic carbocycles. The molecule has 0 radical (unpaired) electrons. The van der Waals surface area contributed by atoms with E-state index in [0.717, 1.165) is 19.3 Å². The molecule has 4 N–H and O–H groups in total. The van der Waals surface area contributed by atoms with Gasteiger partial charge in [0.05, 0.1) is 13.2 Å². The lowest BCUT2D eigenvalue weighted by molar-refractivity contribution is -0.430. The van der Waals surface area contributed by atoms with Crippen molar-refractivity contribution in [2.75, 3.05) is 13.2 Å². The van der Waals surface area contributed by atoms with Crippen LogP contribution in [0.3, 0.4) is 0 Å². The van der Waals surface area contributed by atoms with Crippen LogP contribution in [0.4, 0.5) is 0 Å². The molecule has 1 aliphatic rings. The molecule has 0 aromatic rings. The minimum absolute atomic E-state index is 0.247. The summed E-state index contributed by atoms with van der Waals surface area (Å²) in [6.45, 7) is 1.74. The minimum atomic E-state index is -1.94. The van der Waals surface area contributed by atoms with Crippen LogP contribution in [0.2, 0.25) is 0 Å². The second-order valence-corrected chi connectivity index (χ2v) is 4.82. The first-order valence-electron chi connectivity index (χ1n) is 6.29. The second-order valence-electron chi connectivity index (χ2n) is 4.50. The maximum absolute atomic E-state index is 9.93. The summed E-state index contributed by atoms with van der Waals surface area (Å²) in [6.07, 6.45) is -3.02. The molecule has 5 atom stereocenters. The Labute approximate surface area is 120 Å². The van der Waals surface area contributed by atoms with E-state index in [1.54, 1.807) is 0 Å². The third-order valence-electron chi connectivity index (χ3n) is 3.07. The number of aliphatic hydroxyl groups excluding tert-OH is 4. The van der Waals surface area contributed by atoms with E-state index in [9.17, 15) is 15.3 Å². The Hall–Kier alpha value is 0.200. The first-order valence-corrected chi connectivity index (χ1v) is 6.93. The fraction of sp³-hybridized carbons (Fsp3) is 1.00. The van der Waals surface area contributed by atoms with Crippen LogP contribution in [0.25, 0.3) is 0 Å². The van der Waals surface area contributed by atoms with Crippen LogP contribution in [0, 0.1) is 0 Å². The monoisotopic (exact) mass is 344 g/mol. The Bertz CT molecular complexity index is 265. The lowest BCUT2D eigenvalue weighted by Gasteiger charge is -2.45. The molecule has 8 heteroatoms. The summed E-state index contributed by atoms with van der Waals surface area (Å²) in [4.78, 5) is 0. The molecule has 0 spiro atoms. The molecule has 1 rings (SSSR count). The van der Waals surface area contributed by atoms with Crippen LogP contribution in [0.1, 0.15) is 26.2 Å². The van der Waals surface area contributed by atoms with Crippen molar-refractivity contribution in [2.45, 2.75) is 56.6 Å². The summed E-state index contributed by atoms with van der Waals surface area (Å²) in [5.74, 6) is -1.94. The Morgan fingerprint density at radius 3 is 2.42 bits per heavy atom.